The topological polar surface area (TPSA) is 75.5 Å². The third-order valence-electron chi connectivity index (χ3n) is 4.34. The number of halogens is 2. The fourth-order valence-electron chi connectivity index (χ4n) is 2.96. The minimum Gasteiger partial charge on any atom is -0.406 e. The average Bonchev–Trinajstić information content (AvgIpc) is 3.32. The van der Waals surface area contributed by atoms with Gasteiger partial charge in [-0.3, -0.25) is 4.74 Å². The maximum atomic E-state index is 14.3. The fourth-order valence-corrected chi connectivity index (χ4v) is 2.96. The lowest BCUT2D eigenvalue weighted by Gasteiger charge is -2.30. The molecule has 1 aliphatic rings. The SMILES string of the molecule is CC1(c2ccc(F)cc2F)OCC(OC(=O)c2ccccc2)(n2ccnn2)O1. The van der Waals surface area contributed by atoms with Crippen molar-refractivity contribution >= 4 is 5.97 Å². The van der Waals surface area contributed by atoms with Gasteiger partial charge in [0.15, 0.2) is 0 Å². The van der Waals surface area contributed by atoms with Crippen LogP contribution >= 0.6 is 0 Å². The van der Waals surface area contributed by atoms with Gasteiger partial charge in [0.2, 0.25) is 5.79 Å². The van der Waals surface area contributed by atoms with Crippen molar-refractivity contribution in [2.75, 3.05) is 6.61 Å². The van der Waals surface area contributed by atoms with Crippen LogP contribution in [-0.4, -0.2) is 27.6 Å². The molecular weight excluding hydrogens is 372 g/mol. The van der Waals surface area contributed by atoms with Crippen molar-refractivity contribution in [3.8, 4) is 0 Å². The Kier molecular flexibility index (Phi) is 4.40. The third kappa shape index (κ3) is 3.14. The van der Waals surface area contributed by atoms with Crippen molar-refractivity contribution < 1.29 is 27.8 Å². The van der Waals surface area contributed by atoms with E-state index in [4.69, 9.17) is 14.2 Å². The van der Waals surface area contributed by atoms with Crippen molar-refractivity contribution in [1.29, 1.82) is 0 Å². The Morgan fingerprint density at radius 1 is 1.21 bits per heavy atom. The maximum absolute atomic E-state index is 14.3. The zero-order valence-corrected chi connectivity index (χ0v) is 14.7. The molecule has 1 aromatic heterocycles. The molecule has 1 saturated heterocycles. The zero-order chi connectivity index (χ0) is 19.8. The quantitative estimate of drug-likeness (QED) is 0.641. The van der Waals surface area contributed by atoms with Crippen LogP contribution in [0.1, 0.15) is 22.8 Å². The summed E-state index contributed by atoms with van der Waals surface area (Å²) in [6, 6.07) is 11.3. The van der Waals surface area contributed by atoms with Gasteiger partial charge in [-0.25, -0.2) is 13.6 Å². The Bertz CT molecular complexity index is 1000. The largest absolute Gasteiger partial charge is 0.406 e. The van der Waals surface area contributed by atoms with E-state index in [9.17, 15) is 13.6 Å². The predicted molar refractivity (Wildman–Crippen MR) is 90.6 cm³/mol. The van der Waals surface area contributed by atoms with Gasteiger partial charge in [-0.2, -0.15) is 4.68 Å². The Balaban J connectivity index is 1.70. The van der Waals surface area contributed by atoms with Gasteiger partial charge >= 0.3 is 11.9 Å². The molecule has 0 saturated carbocycles. The Morgan fingerprint density at radius 2 is 2.00 bits per heavy atom. The van der Waals surface area contributed by atoms with Crippen molar-refractivity contribution in [3.63, 3.8) is 0 Å². The molecule has 1 fully saturated rings. The van der Waals surface area contributed by atoms with Crippen molar-refractivity contribution in [2.45, 2.75) is 18.6 Å². The number of hydrogen-bond donors (Lipinski definition) is 0. The number of hydrogen-bond acceptors (Lipinski definition) is 6. The molecule has 2 unspecified atom stereocenters. The molecule has 28 heavy (non-hydrogen) atoms. The fraction of sp³-hybridized carbons (Fsp3) is 0.211. The second kappa shape index (κ2) is 6.77. The minimum absolute atomic E-state index is 0.0494. The van der Waals surface area contributed by atoms with Crippen LogP contribution in [0.4, 0.5) is 8.78 Å². The summed E-state index contributed by atoms with van der Waals surface area (Å²) in [7, 11) is 0. The van der Waals surface area contributed by atoms with E-state index in [-0.39, 0.29) is 17.7 Å². The first-order valence-electron chi connectivity index (χ1n) is 8.37. The zero-order valence-electron chi connectivity index (χ0n) is 14.7. The highest BCUT2D eigenvalue weighted by Gasteiger charge is 2.55. The summed E-state index contributed by atoms with van der Waals surface area (Å²) in [5, 5.41) is 7.55. The van der Waals surface area contributed by atoms with Crippen LogP contribution < -0.4 is 0 Å². The summed E-state index contributed by atoms with van der Waals surface area (Å²) < 4.78 is 45.9. The molecule has 2 aromatic carbocycles. The summed E-state index contributed by atoms with van der Waals surface area (Å²) in [6.07, 6.45) is 2.80. The molecule has 0 aliphatic carbocycles. The minimum atomic E-state index is -1.82. The lowest BCUT2D eigenvalue weighted by molar-refractivity contribution is -0.289. The first-order chi connectivity index (χ1) is 13.4. The molecule has 9 heteroatoms. The number of nitrogens with zero attached hydrogens (tertiary/aromatic N) is 3. The van der Waals surface area contributed by atoms with E-state index >= 15 is 0 Å². The molecule has 4 rings (SSSR count). The molecule has 144 valence electrons. The smallest absolute Gasteiger partial charge is 0.345 e. The van der Waals surface area contributed by atoms with Crippen molar-refractivity contribution in [1.82, 2.24) is 15.0 Å². The van der Waals surface area contributed by atoms with E-state index in [1.807, 2.05) is 0 Å². The van der Waals surface area contributed by atoms with Gasteiger partial charge in [0.05, 0.1) is 18.0 Å². The monoisotopic (exact) mass is 387 g/mol. The molecule has 0 spiro atoms. The highest BCUT2D eigenvalue weighted by atomic mass is 19.1. The molecule has 0 amide bonds. The van der Waals surface area contributed by atoms with E-state index in [0.717, 1.165) is 12.1 Å². The van der Waals surface area contributed by atoms with E-state index in [1.165, 1.54) is 30.1 Å². The molecule has 7 nitrogen and oxygen atoms in total. The van der Waals surface area contributed by atoms with Gasteiger partial charge in [-0.05, 0) is 31.2 Å². The van der Waals surface area contributed by atoms with Gasteiger partial charge in [0.1, 0.15) is 18.2 Å². The summed E-state index contributed by atoms with van der Waals surface area (Å²) >= 11 is 0. The number of carbonyl (C=O) groups is 1. The molecule has 0 radical (unpaired) electrons. The number of esters is 1. The van der Waals surface area contributed by atoms with E-state index in [1.54, 1.807) is 30.3 Å². The van der Waals surface area contributed by atoms with Gasteiger partial charge in [-0.1, -0.05) is 23.4 Å². The van der Waals surface area contributed by atoms with Crippen molar-refractivity contribution in [2.24, 2.45) is 0 Å². The first kappa shape index (κ1) is 18.2. The van der Waals surface area contributed by atoms with Crippen LogP contribution in [0.25, 0.3) is 0 Å². The molecule has 0 bridgehead atoms. The molecule has 0 N–H and O–H groups in total. The summed E-state index contributed by atoms with van der Waals surface area (Å²) in [4.78, 5) is 12.6. The van der Waals surface area contributed by atoms with Crippen LogP contribution in [0.5, 0.6) is 0 Å². The normalized spacial score (nSPS) is 24.2. The number of aromatic nitrogens is 3. The molecular formula is C19H15F2N3O4. The van der Waals surface area contributed by atoms with Crippen LogP contribution in [0.15, 0.2) is 60.9 Å². The number of benzene rings is 2. The number of rotatable bonds is 4. The van der Waals surface area contributed by atoms with E-state index in [2.05, 4.69) is 10.3 Å². The Labute approximate surface area is 158 Å². The van der Waals surface area contributed by atoms with Gasteiger partial charge < -0.3 is 9.47 Å². The Hall–Kier alpha value is -3.17. The second-order valence-electron chi connectivity index (χ2n) is 6.28. The maximum Gasteiger partial charge on any atom is 0.345 e. The number of ether oxygens (including phenoxy) is 3. The lowest BCUT2D eigenvalue weighted by Crippen LogP contribution is -2.43. The summed E-state index contributed by atoms with van der Waals surface area (Å²) in [5.41, 5.74) is 0.235. The van der Waals surface area contributed by atoms with E-state index in [0.29, 0.717) is 0 Å². The highest BCUT2D eigenvalue weighted by Crippen LogP contribution is 2.43. The molecule has 2 atom stereocenters. The van der Waals surface area contributed by atoms with Crippen LogP contribution in [-0.2, 0) is 25.9 Å². The first-order valence-corrected chi connectivity index (χ1v) is 8.37. The third-order valence-corrected chi connectivity index (χ3v) is 4.34. The Morgan fingerprint density at radius 3 is 2.68 bits per heavy atom. The lowest BCUT2D eigenvalue weighted by atomic mass is 10.1. The van der Waals surface area contributed by atoms with Crippen LogP contribution in [0, 0.1) is 11.6 Å². The average molecular weight is 387 g/mol. The predicted octanol–water partition coefficient (Wildman–Crippen LogP) is 2.94. The van der Waals surface area contributed by atoms with Crippen LogP contribution in [0.3, 0.4) is 0 Å². The van der Waals surface area contributed by atoms with Gasteiger partial charge in [0.25, 0.3) is 0 Å². The van der Waals surface area contributed by atoms with E-state index < -0.39 is 29.3 Å². The van der Waals surface area contributed by atoms with Crippen LogP contribution in [0.2, 0.25) is 0 Å². The van der Waals surface area contributed by atoms with Gasteiger partial charge in [0, 0.05) is 11.6 Å². The number of carbonyl (C=O) groups excluding carboxylic acids is 1. The highest BCUT2D eigenvalue weighted by molar-refractivity contribution is 5.89. The molecule has 2 heterocycles. The molecule has 3 aromatic rings. The second-order valence-corrected chi connectivity index (χ2v) is 6.28. The van der Waals surface area contributed by atoms with Gasteiger partial charge in [-0.15, -0.1) is 5.10 Å². The van der Waals surface area contributed by atoms with Crippen molar-refractivity contribution in [3.05, 3.63) is 83.7 Å². The molecule has 1 aliphatic heterocycles. The summed E-state index contributed by atoms with van der Waals surface area (Å²) in [5.74, 6) is -5.75. The summed E-state index contributed by atoms with van der Waals surface area (Å²) in [6.45, 7) is 1.15. The standard InChI is InChI=1S/C19H15F2N3O4/c1-18(15-8-7-14(20)11-16(15)21)26-12-19(28-18,24-10-9-22-23-24)27-17(25)13-5-3-2-4-6-13/h2-11H,12H2,1H3.